The summed E-state index contributed by atoms with van der Waals surface area (Å²) in [6.45, 7) is 2.49. The number of esters is 1. The number of hydrogen-bond donors (Lipinski definition) is 0. The number of hydrogen-bond acceptors (Lipinski definition) is 7. The van der Waals surface area contributed by atoms with Crippen LogP contribution in [0.2, 0.25) is 0 Å². The molecule has 0 aliphatic rings. The van der Waals surface area contributed by atoms with Crippen LogP contribution in [-0.4, -0.2) is 44.5 Å². The number of ether oxygens (including phenoxy) is 2. The van der Waals surface area contributed by atoms with E-state index in [9.17, 15) is 31.1 Å². The van der Waals surface area contributed by atoms with Crippen LogP contribution in [0.1, 0.15) is 19.4 Å². The van der Waals surface area contributed by atoms with Crippen molar-refractivity contribution < 1.29 is 45.1 Å². The molecule has 4 rings (SSSR count). The molecule has 8 nitrogen and oxygen atoms in total. The van der Waals surface area contributed by atoms with E-state index < -0.39 is 35.7 Å². The highest BCUT2D eigenvalue weighted by Crippen LogP contribution is 2.40. The molecule has 0 fully saturated rings. The van der Waals surface area contributed by atoms with Crippen LogP contribution in [0.5, 0.6) is 5.75 Å². The summed E-state index contributed by atoms with van der Waals surface area (Å²) in [6.07, 6.45) is -10.9. The molecule has 2 aromatic heterocycles. The van der Waals surface area contributed by atoms with E-state index in [1.807, 2.05) is 0 Å². The van der Waals surface area contributed by atoms with Crippen molar-refractivity contribution >= 4 is 17.0 Å². The normalized spacial score (nSPS) is 13.1. The van der Waals surface area contributed by atoms with Crippen LogP contribution in [0, 0.1) is 0 Å². The molecule has 1 unspecified atom stereocenters. The van der Waals surface area contributed by atoms with Crippen LogP contribution in [0.25, 0.3) is 33.9 Å². The zero-order chi connectivity index (χ0) is 27.0. The lowest BCUT2D eigenvalue weighted by molar-refractivity contribution is -0.191. The second-order valence-electron chi connectivity index (χ2n) is 7.81. The summed E-state index contributed by atoms with van der Waals surface area (Å²) >= 11 is 0. The Balaban J connectivity index is 1.62. The van der Waals surface area contributed by atoms with E-state index in [0.717, 1.165) is 12.1 Å². The summed E-state index contributed by atoms with van der Waals surface area (Å²) in [7, 11) is 0. The number of nitrogens with zero attached hydrogens (tertiary/aromatic N) is 4. The number of alkyl halides is 6. The number of carbonyl (C=O) groups is 1. The first-order chi connectivity index (χ1) is 17.4. The van der Waals surface area contributed by atoms with Crippen LogP contribution in [-0.2, 0) is 22.3 Å². The molecule has 0 spiro atoms. The number of rotatable bonds is 7. The fourth-order valence-corrected chi connectivity index (χ4v) is 3.38. The molecule has 2 aromatic carbocycles. The van der Waals surface area contributed by atoms with Gasteiger partial charge in [-0.3, -0.25) is 4.79 Å². The average molecular weight is 528 g/mol. The Morgan fingerprint density at radius 3 is 2.49 bits per heavy atom. The van der Waals surface area contributed by atoms with E-state index in [1.165, 1.54) is 6.33 Å². The van der Waals surface area contributed by atoms with Gasteiger partial charge in [0.05, 0.1) is 29.5 Å². The van der Waals surface area contributed by atoms with Crippen molar-refractivity contribution in [2.45, 2.75) is 38.8 Å². The highest BCUT2D eigenvalue weighted by molar-refractivity contribution is 5.82. The van der Waals surface area contributed by atoms with Gasteiger partial charge in [-0.05, 0) is 50.2 Å². The maximum Gasteiger partial charge on any atom is 0.425 e. The Bertz CT molecular complexity index is 1430. The number of aromatic nitrogens is 4. The van der Waals surface area contributed by atoms with Crippen LogP contribution in [0.3, 0.4) is 0 Å². The first-order valence-corrected chi connectivity index (χ1v) is 10.8. The minimum atomic E-state index is -5.01. The lowest BCUT2D eigenvalue weighted by Gasteiger charge is -2.20. The lowest BCUT2D eigenvalue weighted by atomic mass is 10.1. The van der Waals surface area contributed by atoms with Crippen LogP contribution in [0.4, 0.5) is 26.3 Å². The van der Waals surface area contributed by atoms with Gasteiger partial charge >= 0.3 is 18.3 Å². The highest BCUT2D eigenvalue weighted by atomic mass is 19.4. The summed E-state index contributed by atoms with van der Waals surface area (Å²) < 4.78 is 95.2. The monoisotopic (exact) mass is 528 g/mol. The van der Waals surface area contributed by atoms with Crippen LogP contribution < -0.4 is 4.74 Å². The van der Waals surface area contributed by atoms with Gasteiger partial charge in [0.2, 0.25) is 5.82 Å². The average Bonchev–Trinajstić information content (AvgIpc) is 3.45. The maximum absolute atomic E-state index is 13.6. The number of halogens is 6. The van der Waals surface area contributed by atoms with Crippen molar-refractivity contribution in [2.75, 3.05) is 6.61 Å². The van der Waals surface area contributed by atoms with Gasteiger partial charge in [0, 0.05) is 11.1 Å². The minimum absolute atomic E-state index is 0.0384. The number of benzene rings is 2. The third kappa shape index (κ3) is 5.67. The van der Waals surface area contributed by atoms with E-state index in [-0.39, 0.29) is 30.4 Å². The molecular formula is C23H18F6N4O4. The molecule has 0 aliphatic carbocycles. The van der Waals surface area contributed by atoms with E-state index in [4.69, 9.17) is 9.26 Å². The highest BCUT2D eigenvalue weighted by Gasteiger charge is 2.41. The van der Waals surface area contributed by atoms with Crippen molar-refractivity contribution in [3.63, 3.8) is 0 Å². The van der Waals surface area contributed by atoms with Crippen molar-refractivity contribution in [3.8, 4) is 28.6 Å². The number of imidazole rings is 1. The SMILES string of the molecule is CCOC(=O)Cn1cnc2cc(-c3noc(-c4ccc(OC(C)C(F)(F)F)c(C(F)(F)F)c4)n3)ccc21. The van der Waals surface area contributed by atoms with Gasteiger partial charge < -0.3 is 18.6 Å². The fraction of sp³-hybridized carbons (Fsp3) is 0.304. The second-order valence-corrected chi connectivity index (χ2v) is 7.81. The maximum atomic E-state index is 13.6. The Morgan fingerprint density at radius 1 is 1.08 bits per heavy atom. The van der Waals surface area contributed by atoms with Gasteiger partial charge in [0.1, 0.15) is 12.3 Å². The third-order valence-corrected chi connectivity index (χ3v) is 5.21. The minimum Gasteiger partial charge on any atom is -0.481 e. The molecule has 4 aromatic rings. The Labute approximate surface area is 204 Å². The molecule has 0 saturated heterocycles. The summed E-state index contributed by atoms with van der Waals surface area (Å²) in [5.41, 5.74) is -0.0435. The first-order valence-electron chi connectivity index (χ1n) is 10.8. The Hall–Kier alpha value is -4.10. The number of carbonyl (C=O) groups excluding carboxylic acids is 1. The van der Waals surface area contributed by atoms with Crippen LogP contribution in [0.15, 0.2) is 47.2 Å². The summed E-state index contributed by atoms with van der Waals surface area (Å²) in [4.78, 5) is 20.1. The lowest BCUT2D eigenvalue weighted by Crippen LogP contribution is -2.31. The van der Waals surface area contributed by atoms with Gasteiger partial charge in [-0.1, -0.05) is 5.16 Å². The van der Waals surface area contributed by atoms with Crippen molar-refractivity contribution in [1.82, 2.24) is 19.7 Å². The quantitative estimate of drug-likeness (QED) is 0.226. The van der Waals surface area contributed by atoms with E-state index in [2.05, 4.69) is 19.9 Å². The Kier molecular flexibility index (Phi) is 6.84. The standard InChI is InChI=1S/C23H18F6N4O4/c1-3-35-19(34)10-33-11-30-16-9-13(4-6-17(16)33)20-31-21(37-32-20)14-5-7-18(15(8-14)23(27,28)29)36-12(2)22(24,25)26/h4-9,11-12H,3,10H2,1-2H3. The third-order valence-electron chi connectivity index (χ3n) is 5.21. The van der Waals surface area contributed by atoms with Crippen molar-refractivity contribution in [1.29, 1.82) is 0 Å². The van der Waals surface area contributed by atoms with Gasteiger partial charge in [0.15, 0.2) is 6.10 Å². The molecule has 0 amide bonds. The van der Waals surface area contributed by atoms with Gasteiger partial charge in [-0.15, -0.1) is 0 Å². The molecule has 0 radical (unpaired) electrons. The molecule has 0 bridgehead atoms. The first kappa shape index (κ1) is 26.0. The topological polar surface area (TPSA) is 92.3 Å². The molecule has 14 heteroatoms. The molecule has 0 aliphatic heterocycles. The second kappa shape index (κ2) is 9.75. The molecule has 0 saturated carbocycles. The molecule has 196 valence electrons. The zero-order valence-electron chi connectivity index (χ0n) is 19.2. The predicted octanol–water partition coefficient (Wildman–Crippen LogP) is 5.66. The molecule has 0 N–H and O–H groups in total. The molecular weight excluding hydrogens is 510 g/mol. The summed E-state index contributed by atoms with van der Waals surface area (Å²) in [5.74, 6) is -1.67. The van der Waals surface area contributed by atoms with Gasteiger partial charge in [0.25, 0.3) is 5.89 Å². The number of fused-ring (bicyclic) bond motifs is 1. The summed E-state index contributed by atoms with van der Waals surface area (Å²) in [6, 6.07) is 7.30. The van der Waals surface area contributed by atoms with Crippen LogP contribution >= 0.6 is 0 Å². The molecule has 2 heterocycles. The van der Waals surface area contributed by atoms with Crippen molar-refractivity contribution in [3.05, 3.63) is 48.3 Å². The largest absolute Gasteiger partial charge is 0.481 e. The van der Waals surface area contributed by atoms with Crippen molar-refractivity contribution in [2.24, 2.45) is 0 Å². The van der Waals surface area contributed by atoms with Gasteiger partial charge in [-0.2, -0.15) is 31.3 Å². The molecule has 37 heavy (non-hydrogen) atoms. The van der Waals surface area contributed by atoms with E-state index in [1.54, 1.807) is 29.7 Å². The fourth-order valence-electron chi connectivity index (χ4n) is 3.38. The van der Waals surface area contributed by atoms with E-state index >= 15 is 0 Å². The zero-order valence-corrected chi connectivity index (χ0v) is 19.2. The van der Waals surface area contributed by atoms with E-state index in [0.29, 0.717) is 29.6 Å². The van der Waals surface area contributed by atoms with Gasteiger partial charge in [-0.25, -0.2) is 4.98 Å². The smallest absolute Gasteiger partial charge is 0.425 e. The Morgan fingerprint density at radius 2 is 1.81 bits per heavy atom. The molecule has 1 atom stereocenters. The summed E-state index contributed by atoms with van der Waals surface area (Å²) in [5, 5.41) is 3.79. The predicted molar refractivity (Wildman–Crippen MR) is 116 cm³/mol.